The molecule has 0 aromatic rings. The minimum atomic E-state index is -2.84. The molecule has 2 unspecified atom stereocenters. The van der Waals surface area contributed by atoms with E-state index < -0.39 is 84.9 Å². The molecule has 402 valence electrons. The molecule has 71 heavy (non-hydrogen) atoms. The molecule has 1 amide bonds. The molecule has 3 heterocycles. The van der Waals surface area contributed by atoms with Crippen LogP contribution in [0.4, 0.5) is 0 Å². The predicted molar refractivity (Wildman–Crippen MR) is 273 cm³/mol. The Morgan fingerprint density at radius 2 is 1.63 bits per heavy atom. The monoisotopic (exact) mass is 1020 g/mol. The molecule has 15 nitrogen and oxygen atoms in total. The Kier molecular flexibility index (Phi) is 23.8. The number of allylic oxidation sites excluding steroid dienone is 6. The molecule has 1 aliphatic carbocycles. The molecule has 4 aliphatic rings. The molecule has 1 saturated carbocycles. The summed E-state index contributed by atoms with van der Waals surface area (Å²) >= 11 is 0. The van der Waals surface area contributed by atoms with Crippen LogP contribution in [0.1, 0.15) is 139 Å². The minimum absolute atomic E-state index is 0.0261. The van der Waals surface area contributed by atoms with Gasteiger partial charge in [-0.05, 0) is 107 Å². The summed E-state index contributed by atoms with van der Waals surface area (Å²) in [4.78, 5) is 70.9. The number of cyclic esters (lactones) is 1. The summed E-state index contributed by atoms with van der Waals surface area (Å²) in [5.41, 5.74) is 1.31. The molecule has 4 fully saturated rings. The van der Waals surface area contributed by atoms with Crippen molar-refractivity contribution in [3.8, 4) is 0 Å². The Bertz CT molecular complexity index is 1970. The number of fused-ring (bicyclic) bond motifs is 1. The summed E-state index contributed by atoms with van der Waals surface area (Å²) in [6.07, 6.45) is 14.3. The fourth-order valence-electron chi connectivity index (χ4n) is 11.3. The van der Waals surface area contributed by atoms with Gasteiger partial charge in [0, 0.05) is 70.8 Å². The molecular formula is C55H88NO14P. The highest BCUT2D eigenvalue weighted by molar-refractivity contribution is 7.58. The molecule has 16 heteroatoms. The minimum Gasteiger partial charge on any atom is -0.460 e. The fourth-order valence-corrected chi connectivity index (χ4v) is 12.8. The lowest BCUT2D eigenvalue weighted by molar-refractivity contribution is -0.266. The smallest absolute Gasteiger partial charge is 0.329 e. The second-order valence-electron chi connectivity index (χ2n) is 20.9. The van der Waals surface area contributed by atoms with Crippen molar-refractivity contribution in [1.82, 2.24) is 4.90 Å². The Balaban J connectivity index is 1.59. The number of ether oxygens (including phenoxy) is 5. The Morgan fingerprint density at radius 3 is 2.25 bits per heavy atom. The zero-order valence-electron chi connectivity index (χ0n) is 44.8. The molecule has 3 aliphatic heterocycles. The van der Waals surface area contributed by atoms with Gasteiger partial charge in [0.15, 0.2) is 5.78 Å². The molecule has 0 radical (unpaired) electrons. The van der Waals surface area contributed by atoms with Crippen molar-refractivity contribution in [2.24, 2.45) is 35.5 Å². The number of nitrogens with zero attached hydrogens (tertiary/aromatic N) is 1. The number of hydrogen-bond donors (Lipinski definition) is 2. The molecule has 2 N–H and O–H groups in total. The SMILES string of the molecule is CCC[C@H](C)/C=C/C=C/C=C(\C)[C@H](C[C@@H]1CC[C@@H](C)[C@](O)(C(=O)C(=O)N2CCC[C@@H]3C(C[C@@H]4CC[C@@H](OP(=O)(CC)CC)[C@H](OC)C4)[C@H](CC(=O)C(C)/C=C(\C)[C@@H](O)[C@@H](OC)C(C)=O)OC(=O)[C@H]32)O1)OC. The Hall–Kier alpha value is -3.14. The quantitative estimate of drug-likeness (QED) is 0.0275. The Labute approximate surface area is 424 Å². The lowest BCUT2D eigenvalue weighted by Crippen LogP contribution is -2.65. The number of piperidine rings is 1. The van der Waals surface area contributed by atoms with Crippen LogP contribution in [-0.2, 0) is 56.7 Å². The van der Waals surface area contributed by atoms with Crippen LogP contribution in [0.2, 0.25) is 0 Å². The van der Waals surface area contributed by atoms with Gasteiger partial charge in [-0.3, -0.25) is 23.7 Å². The molecular weight excluding hydrogens is 930 g/mol. The van der Waals surface area contributed by atoms with Gasteiger partial charge in [0.25, 0.3) is 11.7 Å². The van der Waals surface area contributed by atoms with Crippen molar-refractivity contribution in [2.75, 3.05) is 40.2 Å². The van der Waals surface area contributed by atoms with E-state index in [1.54, 1.807) is 41.1 Å². The largest absolute Gasteiger partial charge is 0.460 e. The van der Waals surface area contributed by atoms with E-state index in [9.17, 15) is 38.8 Å². The first kappa shape index (κ1) is 60.4. The highest BCUT2D eigenvalue weighted by Gasteiger charge is 2.57. The first-order chi connectivity index (χ1) is 33.6. The normalized spacial score (nSPS) is 31.2. The topological polar surface area (TPSA) is 201 Å². The zero-order valence-corrected chi connectivity index (χ0v) is 45.7. The van der Waals surface area contributed by atoms with Gasteiger partial charge >= 0.3 is 5.97 Å². The van der Waals surface area contributed by atoms with Crippen LogP contribution >= 0.6 is 7.37 Å². The van der Waals surface area contributed by atoms with Crippen LogP contribution in [0.5, 0.6) is 0 Å². The number of carbonyl (C=O) groups excluding carboxylic acids is 5. The van der Waals surface area contributed by atoms with E-state index in [2.05, 4.69) is 19.9 Å². The highest BCUT2D eigenvalue weighted by Crippen LogP contribution is 2.51. The molecule has 0 bridgehead atoms. The van der Waals surface area contributed by atoms with Gasteiger partial charge in [-0.1, -0.05) is 84.4 Å². The van der Waals surface area contributed by atoms with E-state index in [0.717, 1.165) is 18.4 Å². The number of amides is 1. The van der Waals surface area contributed by atoms with Crippen molar-refractivity contribution in [2.45, 2.75) is 194 Å². The summed E-state index contributed by atoms with van der Waals surface area (Å²) < 4.78 is 49.1. The number of aliphatic hydroxyl groups is 2. The second-order valence-corrected chi connectivity index (χ2v) is 24.0. The first-order valence-corrected chi connectivity index (χ1v) is 28.3. The van der Waals surface area contributed by atoms with Crippen LogP contribution in [0.3, 0.4) is 0 Å². The lowest BCUT2D eigenvalue weighted by atomic mass is 9.68. The third-order valence-corrected chi connectivity index (χ3v) is 18.4. The third kappa shape index (κ3) is 15.7. The molecule has 15 atom stereocenters. The molecule has 0 spiro atoms. The third-order valence-electron chi connectivity index (χ3n) is 15.8. The number of aliphatic hydroxyl groups excluding tert-OH is 1. The summed E-state index contributed by atoms with van der Waals surface area (Å²) in [6, 6.07) is -1.15. The van der Waals surface area contributed by atoms with Crippen LogP contribution in [0.15, 0.2) is 47.6 Å². The summed E-state index contributed by atoms with van der Waals surface area (Å²) in [5.74, 6) is -7.79. The van der Waals surface area contributed by atoms with Gasteiger partial charge in [-0.25, -0.2) is 4.79 Å². The van der Waals surface area contributed by atoms with Gasteiger partial charge in [0.2, 0.25) is 13.2 Å². The van der Waals surface area contributed by atoms with Gasteiger partial charge in [-0.15, -0.1) is 0 Å². The van der Waals surface area contributed by atoms with Gasteiger partial charge < -0.3 is 43.3 Å². The average molecular weight is 1020 g/mol. The highest BCUT2D eigenvalue weighted by atomic mass is 31.2. The van der Waals surface area contributed by atoms with E-state index in [4.69, 9.17) is 28.2 Å². The summed E-state index contributed by atoms with van der Waals surface area (Å²) in [7, 11) is 1.70. The predicted octanol–water partition coefficient (Wildman–Crippen LogP) is 8.52. The van der Waals surface area contributed by atoms with Gasteiger partial charge in [-0.2, -0.15) is 0 Å². The maximum Gasteiger partial charge on any atom is 0.329 e. The van der Waals surface area contributed by atoms with Crippen molar-refractivity contribution in [3.63, 3.8) is 0 Å². The number of methoxy groups -OCH3 is 3. The number of likely N-dealkylation sites (tertiary alicyclic amines) is 1. The van der Waals surface area contributed by atoms with Crippen LogP contribution in [-0.4, -0.2) is 139 Å². The number of Topliss-reactive ketones (excluding diaryl/α,β-unsaturated/α-hetero) is 3. The number of carbonyl (C=O) groups is 5. The molecule has 0 aromatic heterocycles. The first-order valence-electron chi connectivity index (χ1n) is 26.3. The number of hydrogen-bond acceptors (Lipinski definition) is 14. The lowest BCUT2D eigenvalue weighted by Gasteiger charge is -2.50. The molecule has 3 saturated heterocycles. The standard InChI is InChI=1S/C55H88NO14P/c1-13-20-34(4)21-17-16-18-22-35(5)46(65-10)32-41-26-24-38(8)55(63,69-41)52(60)53(61)56-28-19-23-42-43(30-40-25-27-45(48(31-40)66-11)70-71(64,14-2)15-3)47(68-54(62)49(42)56)33-44(58)36(6)29-37(7)50(59)51(67-12)39(9)57/h16-18,21-22,29,34,36,38,40-43,45-51,59,63H,13-15,19-20,23-28,30-33H2,1-12H3/b18-16+,21-17+,35-22+,37-29+/t34-,36?,38+,40-,41-,42+,43?,45+,46-,47-,48+,49-,50+,51-,55+/m0/s1. The van der Waals surface area contributed by atoms with E-state index >= 15 is 0 Å². The maximum atomic E-state index is 14.6. The molecule has 0 aromatic carbocycles. The van der Waals surface area contributed by atoms with E-state index in [0.29, 0.717) is 81.6 Å². The zero-order chi connectivity index (χ0) is 52.8. The molecule has 4 rings (SSSR count). The average Bonchev–Trinajstić information content (AvgIpc) is 3.34. The summed E-state index contributed by atoms with van der Waals surface area (Å²) in [6.45, 7) is 16.4. The van der Waals surface area contributed by atoms with Crippen molar-refractivity contribution < 1.29 is 67.0 Å². The van der Waals surface area contributed by atoms with Crippen molar-refractivity contribution >= 4 is 36.6 Å². The van der Waals surface area contributed by atoms with E-state index in [-0.39, 0.29) is 48.8 Å². The van der Waals surface area contributed by atoms with Gasteiger partial charge in [0.05, 0.1) is 24.4 Å². The number of ketones is 3. The number of esters is 1. The fraction of sp³-hybridized carbons (Fsp3) is 0.764. The maximum absolute atomic E-state index is 14.6. The summed E-state index contributed by atoms with van der Waals surface area (Å²) in [5, 5.41) is 23.0. The van der Waals surface area contributed by atoms with Crippen molar-refractivity contribution in [1.29, 1.82) is 0 Å². The second kappa shape index (κ2) is 28.0. The van der Waals surface area contributed by atoms with Gasteiger partial charge in [0.1, 0.15) is 30.1 Å². The van der Waals surface area contributed by atoms with Crippen LogP contribution < -0.4 is 0 Å². The Morgan fingerprint density at radius 1 is 0.930 bits per heavy atom. The van der Waals surface area contributed by atoms with E-state index in [1.807, 2.05) is 45.1 Å². The van der Waals surface area contributed by atoms with E-state index in [1.165, 1.54) is 18.9 Å². The number of rotatable bonds is 26. The van der Waals surface area contributed by atoms with Crippen LogP contribution in [0, 0.1) is 35.5 Å². The van der Waals surface area contributed by atoms with Crippen LogP contribution in [0.25, 0.3) is 0 Å². The van der Waals surface area contributed by atoms with Crippen molar-refractivity contribution in [3.05, 3.63) is 47.6 Å².